The van der Waals surface area contributed by atoms with Gasteiger partial charge in [-0.25, -0.2) is 0 Å². The number of nitrogens with zero attached hydrogens (tertiary/aromatic N) is 1. The number of rotatable bonds is 8. The van der Waals surface area contributed by atoms with Gasteiger partial charge >= 0.3 is 0 Å². The average molecular weight is 268 g/mol. The van der Waals surface area contributed by atoms with Crippen LogP contribution in [0.25, 0.3) is 0 Å². The normalized spacial score (nSPS) is 22.1. The van der Waals surface area contributed by atoms with E-state index in [1.165, 1.54) is 51.9 Å². The molecule has 19 heavy (non-hydrogen) atoms. The molecule has 1 N–H and O–H groups in total. The largest absolute Gasteiger partial charge is 0.316 e. The predicted molar refractivity (Wildman–Crippen MR) is 85.6 cm³/mol. The average Bonchev–Trinajstić information content (AvgIpc) is 2.37. The zero-order valence-corrected chi connectivity index (χ0v) is 14.0. The van der Waals surface area contributed by atoms with Crippen molar-refractivity contribution in [2.75, 3.05) is 32.7 Å². The summed E-state index contributed by atoms with van der Waals surface area (Å²) < 4.78 is 0. The van der Waals surface area contributed by atoms with Crippen molar-refractivity contribution in [1.29, 1.82) is 0 Å². The molecular weight excluding hydrogens is 232 g/mol. The van der Waals surface area contributed by atoms with Crippen LogP contribution in [0, 0.1) is 17.3 Å². The Kier molecular flexibility index (Phi) is 7.38. The molecule has 1 aliphatic heterocycles. The Balaban J connectivity index is 2.49. The van der Waals surface area contributed by atoms with Crippen molar-refractivity contribution in [3.8, 4) is 0 Å². The molecule has 1 rings (SSSR count). The van der Waals surface area contributed by atoms with E-state index < -0.39 is 0 Å². The third-order valence-corrected chi connectivity index (χ3v) is 4.85. The molecule has 2 heteroatoms. The highest BCUT2D eigenvalue weighted by atomic mass is 15.1. The van der Waals surface area contributed by atoms with Crippen LogP contribution in [0.15, 0.2) is 0 Å². The zero-order valence-electron chi connectivity index (χ0n) is 14.0. The second kappa shape index (κ2) is 8.26. The van der Waals surface area contributed by atoms with Gasteiger partial charge in [-0.05, 0) is 56.0 Å². The summed E-state index contributed by atoms with van der Waals surface area (Å²) >= 11 is 0. The summed E-state index contributed by atoms with van der Waals surface area (Å²) in [6.45, 7) is 18.0. The van der Waals surface area contributed by atoms with Gasteiger partial charge in [-0.1, -0.05) is 34.6 Å². The summed E-state index contributed by atoms with van der Waals surface area (Å²) in [6.07, 6.45) is 5.40. The van der Waals surface area contributed by atoms with Crippen molar-refractivity contribution in [3.63, 3.8) is 0 Å². The summed E-state index contributed by atoms with van der Waals surface area (Å²) in [6, 6.07) is 0. The lowest BCUT2D eigenvalue weighted by atomic mass is 9.80. The molecule has 0 spiro atoms. The van der Waals surface area contributed by atoms with Crippen LogP contribution >= 0.6 is 0 Å². The van der Waals surface area contributed by atoms with E-state index in [-0.39, 0.29) is 0 Å². The monoisotopic (exact) mass is 268 g/mol. The molecule has 0 aromatic heterocycles. The second-order valence-electron chi connectivity index (χ2n) is 7.21. The molecule has 1 heterocycles. The van der Waals surface area contributed by atoms with E-state index in [2.05, 4.69) is 44.8 Å². The van der Waals surface area contributed by atoms with E-state index in [1.807, 2.05) is 0 Å². The van der Waals surface area contributed by atoms with Gasteiger partial charge in [0.05, 0.1) is 0 Å². The van der Waals surface area contributed by atoms with Crippen LogP contribution in [0.4, 0.5) is 0 Å². The fourth-order valence-electron chi connectivity index (χ4n) is 3.31. The van der Waals surface area contributed by atoms with E-state index in [0.29, 0.717) is 5.41 Å². The summed E-state index contributed by atoms with van der Waals surface area (Å²) in [5.74, 6) is 1.64. The van der Waals surface area contributed by atoms with Gasteiger partial charge < -0.3 is 10.2 Å². The third-order valence-electron chi connectivity index (χ3n) is 4.85. The SMILES string of the molecule is CCC(CC)(CNCC(C)C)CN1CCCC(C)C1. The van der Waals surface area contributed by atoms with Gasteiger partial charge in [-0.15, -0.1) is 0 Å². The Hall–Kier alpha value is -0.0800. The fraction of sp³-hybridized carbons (Fsp3) is 1.00. The van der Waals surface area contributed by atoms with Crippen LogP contribution in [0.2, 0.25) is 0 Å². The van der Waals surface area contributed by atoms with E-state index in [0.717, 1.165) is 18.4 Å². The van der Waals surface area contributed by atoms with E-state index >= 15 is 0 Å². The first-order chi connectivity index (χ1) is 9.01. The molecule has 0 aromatic carbocycles. The summed E-state index contributed by atoms with van der Waals surface area (Å²) in [4.78, 5) is 2.72. The molecule has 1 unspecified atom stereocenters. The minimum Gasteiger partial charge on any atom is -0.316 e. The molecule has 2 nitrogen and oxygen atoms in total. The smallest absolute Gasteiger partial charge is 0.00500 e. The van der Waals surface area contributed by atoms with Crippen LogP contribution in [-0.4, -0.2) is 37.6 Å². The number of nitrogens with one attached hydrogen (secondary N) is 1. The van der Waals surface area contributed by atoms with Gasteiger partial charge in [0.25, 0.3) is 0 Å². The molecule has 1 saturated heterocycles. The first-order valence-electron chi connectivity index (χ1n) is 8.44. The van der Waals surface area contributed by atoms with Crippen molar-refractivity contribution in [2.45, 2.75) is 60.3 Å². The Labute approximate surface area is 121 Å². The van der Waals surface area contributed by atoms with Gasteiger partial charge in [0, 0.05) is 19.6 Å². The van der Waals surface area contributed by atoms with Gasteiger partial charge in [0.1, 0.15) is 0 Å². The van der Waals surface area contributed by atoms with Crippen molar-refractivity contribution >= 4 is 0 Å². The Bertz CT molecular complexity index is 233. The Morgan fingerprint density at radius 1 is 1.26 bits per heavy atom. The number of hydrogen-bond donors (Lipinski definition) is 1. The van der Waals surface area contributed by atoms with Crippen molar-refractivity contribution < 1.29 is 0 Å². The van der Waals surface area contributed by atoms with Gasteiger partial charge in [0.15, 0.2) is 0 Å². The second-order valence-corrected chi connectivity index (χ2v) is 7.21. The van der Waals surface area contributed by atoms with E-state index in [4.69, 9.17) is 0 Å². The van der Waals surface area contributed by atoms with Crippen molar-refractivity contribution in [3.05, 3.63) is 0 Å². The topological polar surface area (TPSA) is 15.3 Å². The molecule has 0 bridgehead atoms. The molecule has 0 saturated carbocycles. The van der Waals surface area contributed by atoms with E-state index in [1.54, 1.807) is 0 Å². The Morgan fingerprint density at radius 3 is 2.47 bits per heavy atom. The van der Waals surface area contributed by atoms with E-state index in [9.17, 15) is 0 Å². The maximum Gasteiger partial charge on any atom is 0.00500 e. The number of piperidine rings is 1. The van der Waals surface area contributed by atoms with Gasteiger partial charge in [0.2, 0.25) is 0 Å². The van der Waals surface area contributed by atoms with Gasteiger partial charge in [-0.3, -0.25) is 0 Å². The first kappa shape index (κ1) is 17.0. The lowest BCUT2D eigenvalue weighted by molar-refractivity contribution is 0.0975. The fourth-order valence-corrected chi connectivity index (χ4v) is 3.31. The molecule has 1 atom stereocenters. The molecule has 114 valence electrons. The predicted octanol–water partition coefficient (Wildman–Crippen LogP) is 3.77. The number of likely N-dealkylation sites (tertiary alicyclic amines) is 1. The molecular formula is C17H36N2. The lowest BCUT2D eigenvalue weighted by Crippen LogP contribution is -2.47. The molecule has 0 amide bonds. The van der Waals surface area contributed by atoms with Gasteiger partial charge in [-0.2, -0.15) is 0 Å². The van der Waals surface area contributed by atoms with Crippen LogP contribution < -0.4 is 5.32 Å². The quantitative estimate of drug-likeness (QED) is 0.721. The standard InChI is InChI=1S/C17H36N2/c1-6-17(7-2,13-18-11-15(3)4)14-19-10-8-9-16(5)12-19/h15-16,18H,6-14H2,1-5H3. The highest BCUT2D eigenvalue weighted by Crippen LogP contribution is 2.29. The third kappa shape index (κ3) is 5.83. The maximum atomic E-state index is 3.70. The summed E-state index contributed by atoms with van der Waals surface area (Å²) in [5, 5.41) is 3.70. The highest BCUT2D eigenvalue weighted by molar-refractivity contribution is 4.85. The Morgan fingerprint density at radius 2 is 1.95 bits per heavy atom. The van der Waals surface area contributed by atoms with Crippen molar-refractivity contribution in [1.82, 2.24) is 10.2 Å². The van der Waals surface area contributed by atoms with Crippen LogP contribution in [0.3, 0.4) is 0 Å². The van der Waals surface area contributed by atoms with Crippen LogP contribution in [0.1, 0.15) is 60.3 Å². The number of hydrogen-bond acceptors (Lipinski definition) is 2. The summed E-state index contributed by atoms with van der Waals surface area (Å²) in [5.41, 5.74) is 0.478. The molecule has 0 aromatic rings. The highest BCUT2D eigenvalue weighted by Gasteiger charge is 2.30. The minimum absolute atomic E-state index is 0.478. The minimum atomic E-state index is 0.478. The first-order valence-corrected chi connectivity index (χ1v) is 8.44. The molecule has 0 aliphatic carbocycles. The molecule has 1 fully saturated rings. The zero-order chi connectivity index (χ0) is 14.3. The lowest BCUT2D eigenvalue weighted by Gasteiger charge is -2.40. The van der Waals surface area contributed by atoms with Crippen molar-refractivity contribution in [2.24, 2.45) is 17.3 Å². The van der Waals surface area contributed by atoms with Crippen LogP contribution in [-0.2, 0) is 0 Å². The summed E-state index contributed by atoms with van der Waals surface area (Å²) in [7, 11) is 0. The van der Waals surface area contributed by atoms with Crippen LogP contribution in [0.5, 0.6) is 0 Å². The molecule has 0 radical (unpaired) electrons. The molecule has 1 aliphatic rings. The maximum absolute atomic E-state index is 3.70.